The van der Waals surface area contributed by atoms with Crippen molar-refractivity contribution in [2.45, 2.75) is 32.0 Å². The van der Waals surface area contributed by atoms with Crippen LogP contribution in [0.3, 0.4) is 0 Å². The molecule has 2 aromatic carbocycles. The Morgan fingerprint density at radius 2 is 1.61 bits per heavy atom. The third-order valence-corrected chi connectivity index (χ3v) is 4.26. The summed E-state index contributed by atoms with van der Waals surface area (Å²) in [4.78, 5) is 2.10. The molecule has 0 amide bonds. The standard InChI is InChI=1S/C19H25NO3/c1-14(13-23-18-7-5-4-6-8-18)20(3)15(2)19(22)16-9-11-17(21)12-10-16/h4-12,14-15,19,21-22H,13H2,1-3H3. The lowest BCUT2D eigenvalue weighted by Crippen LogP contribution is -2.43. The van der Waals surface area contributed by atoms with E-state index in [4.69, 9.17) is 4.74 Å². The van der Waals surface area contributed by atoms with Crippen LogP contribution in [0.5, 0.6) is 11.5 Å². The number of para-hydroxylation sites is 1. The molecule has 0 aliphatic heterocycles. The topological polar surface area (TPSA) is 52.9 Å². The van der Waals surface area contributed by atoms with Crippen LogP contribution in [0.15, 0.2) is 54.6 Å². The Kier molecular flexibility index (Phi) is 6.02. The summed E-state index contributed by atoms with van der Waals surface area (Å²) in [6.45, 7) is 4.60. The number of likely N-dealkylation sites (N-methyl/N-ethyl adjacent to an activating group) is 1. The van der Waals surface area contributed by atoms with Gasteiger partial charge in [0.05, 0.1) is 6.10 Å². The zero-order chi connectivity index (χ0) is 16.8. The van der Waals surface area contributed by atoms with E-state index < -0.39 is 6.10 Å². The fourth-order valence-electron chi connectivity index (χ4n) is 2.43. The molecule has 0 heterocycles. The summed E-state index contributed by atoms with van der Waals surface area (Å²) in [5, 5.41) is 19.9. The number of phenols is 1. The Balaban J connectivity index is 1.92. The molecule has 0 radical (unpaired) electrons. The first kappa shape index (κ1) is 17.3. The van der Waals surface area contributed by atoms with Crippen LogP contribution >= 0.6 is 0 Å². The van der Waals surface area contributed by atoms with Gasteiger partial charge in [0.15, 0.2) is 0 Å². The third-order valence-electron chi connectivity index (χ3n) is 4.26. The van der Waals surface area contributed by atoms with Gasteiger partial charge in [0.25, 0.3) is 0 Å². The highest BCUT2D eigenvalue weighted by Crippen LogP contribution is 2.23. The molecular weight excluding hydrogens is 290 g/mol. The number of hydrogen-bond donors (Lipinski definition) is 2. The van der Waals surface area contributed by atoms with Gasteiger partial charge >= 0.3 is 0 Å². The van der Waals surface area contributed by atoms with Gasteiger partial charge in [-0.25, -0.2) is 0 Å². The van der Waals surface area contributed by atoms with E-state index in [-0.39, 0.29) is 17.8 Å². The van der Waals surface area contributed by atoms with Crippen molar-refractivity contribution in [2.24, 2.45) is 0 Å². The molecular formula is C19H25NO3. The second-order valence-corrected chi connectivity index (χ2v) is 5.92. The summed E-state index contributed by atoms with van der Waals surface area (Å²) >= 11 is 0. The molecule has 0 aliphatic rings. The Labute approximate surface area is 138 Å². The van der Waals surface area contributed by atoms with Gasteiger partial charge in [-0.15, -0.1) is 0 Å². The highest BCUT2D eigenvalue weighted by Gasteiger charge is 2.24. The minimum atomic E-state index is -0.625. The number of nitrogens with zero attached hydrogens (tertiary/aromatic N) is 1. The lowest BCUT2D eigenvalue weighted by molar-refractivity contribution is 0.0402. The molecule has 0 aromatic heterocycles. The van der Waals surface area contributed by atoms with Gasteiger partial charge in [-0.2, -0.15) is 0 Å². The normalized spacial score (nSPS) is 15.2. The van der Waals surface area contributed by atoms with E-state index in [0.717, 1.165) is 11.3 Å². The lowest BCUT2D eigenvalue weighted by Gasteiger charge is -2.33. The summed E-state index contributed by atoms with van der Waals surface area (Å²) in [6.07, 6.45) is -0.625. The smallest absolute Gasteiger partial charge is 0.119 e. The molecule has 0 aliphatic carbocycles. The summed E-state index contributed by atoms with van der Waals surface area (Å²) in [5.41, 5.74) is 0.790. The van der Waals surface area contributed by atoms with Crippen molar-refractivity contribution in [3.63, 3.8) is 0 Å². The van der Waals surface area contributed by atoms with E-state index in [1.54, 1.807) is 24.3 Å². The zero-order valence-corrected chi connectivity index (χ0v) is 13.9. The van der Waals surface area contributed by atoms with Crippen molar-refractivity contribution in [1.29, 1.82) is 0 Å². The third kappa shape index (κ3) is 4.71. The summed E-state index contributed by atoms with van der Waals surface area (Å²) in [5.74, 6) is 1.05. The Morgan fingerprint density at radius 3 is 2.22 bits per heavy atom. The maximum Gasteiger partial charge on any atom is 0.119 e. The van der Waals surface area contributed by atoms with Gasteiger partial charge < -0.3 is 14.9 Å². The molecule has 4 nitrogen and oxygen atoms in total. The maximum atomic E-state index is 10.5. The number of benzene rings is 2. The fourth-order valence-corrected chi connectivity index (χ4v) is 2.43. The predicted octanol–water partition coefficient (Wildman–Crippen LogP) is 3.21. The minimum absolute atomic E-state index is 0.0751. The molecule has 0 fully saturated rings. The zero-order valence-electron chi connectivity index (χ0n) is 13.9. The first-order valence-corrected chi connectivity index (χ1v) is 7.86. The Morgan fingerprint density at radius 1 is 1.00 bits per heavy atom. The van der Waals surface area contributed by atoms with E-state index in [1.165, 1.54) is 0 Å². The van der Waals surface area contributed by atoms with Crippen LogP contribution in [-0.2, 0) is 0 Å². The van der Waals surface area contributed by atoms with Gasteiger partial charge in [0.1, 0.15) is 18.1 Å². The van der Waals surface area contributed by atoms with Gasteiger partial charge in [0.2, 0.25) is 0 Å². The first-order valence-electron chi connectivity index (χ1n) is 7.86. The SMILES string of the molecule is CC(COc1ccccc1)N(C)C(C)C(O)c1ccc(O)cc1. The van der Waals surface area contributed by atoms with Crippen LogP contribution in [0.2, 0.25) is 0 Å². The molecule has 2 aromatic rings. The molecule has 2 rings (SSSR count). The van der Waals surface area contributed by atoms with Gasteiger partial charge in [0, 0.05) is 12.1 Å². The minimum Gasteiger partial charge on any atom is -0.508 e. The first-order chi connectivity index (χ1) is 11.0. The highest BCUT2D eigenvalue weighted by molar-refractivity contribution is 5.28. The average Bonchev–Trinajstić information content (AvgIpc) is 2.59. The number of aliphatic hydroxyl groups excluding tert-OH is 1. The van der Waals surface area contributed by atoms with Crippen molar-refractivity contribution in [1.82, 2.24) is 4.90 Å². The molecule has 3 atom stereocenters. The van der Waals surface area contributed by atoms with Gasteiger partial charge in [-0.3, -0.25) is 4.90 Å². The second-order valence-electron chi connectivity index (χ2n) is 5.92. The number of ether oxygens (including phenoxy) is 1. The molecule has 0 spiro atoms. The Bertz CT molecular complexity index is 585. The second kappa shape index (κ2) is 7.99. The van der Waals surface area contributed by atoms with Gasteiger partial charge in [-0.05, 0) is 50.7 Å². The van der Waals surface area contributed by atoms with Crippen molar-refractivity contribution in [2.75, 3.05) is 13.7 Å². The predicted molar refractivity (Wildman–Crippen MR) is 91.7 cm³/mol. The molecule has 23 heavy (non-hydrogen) atoms. The number of aliphatic hydroxyl groups is 1. The molecule has 0 saturated carbocycles. The molecule has 124 valence electrons. The maximum absolute atomic E-state index is 10.5. The van der Waals surface area contributed by atoms with Crippen LogP contribution in [-0.4, -0.2) is 40.9 Å². The van der Waals surface area contributed by atoms with Gasteiger partial charge in [-0.1, -0.05) is 30.3 Å². The monoisotopic (exact) mass is 315 g/mol. The number of aromatic hydroxyl groups is 1. The van der Waals surface area contributed by atoms with Crippen LogP contribution < -0.4 is 4.74 Å². The molecule has 0 saturated heterocycles. The van der Waals surface area contributed by atoms with Crippen LogP contribution in [0, 0.1) is 0 Å². The fraction of sp³-hybridized carbons (Fsp3) is 0.368. The quantitative estimate of drug-likeness (QED) is 0.824. The van der Waals surface area contributed by atoms with E-state index in [2.05, 4.69) is 11.8 Å². The molecule has 4 heteroatoms. The highest BCUT2D eigenvalue weighted by atomic mass is 16.5. The summed E-state index contributed by atoms with van der Waals surface area (Å²) in [6, 6.07) is 16.5. The molecule has 3 unspecified atom stereocenters. The van der Waals surface area contributed by atoms with E-state index in [0.29, 0.717) is 6.61 Å². The van der Waals surface area contributed by atoms with E-state index in [9.17, 15) is 10.2 Å². The van der Waals surface area contributed by atoms with Crippen LogP contribution in [0.1, 0.15) is 25.5 Å². The lowest BCUT2D eigenvalue weighted by atomic mass is 10.0. The van der Waals surface area contributed by atoms with Crippen molar-refractivity contribution in [3.8, 4) is 11.5 Å². The Hall–Kier alpha value is -2.04. The average molecular weight is 315 g/mol. The largest absolute Gasteiger partial charge is 0.508 e. The number of rotatable bonds is 7. The summed E-state index contributed by atoms with van der Waals surface area (Å²) < 4.78 is 5.78. The van der Waals surface area contributed by atoms with Crippen molar-refractivity contribution in [3.05, 3.63) is 60.2 Å². The number of phenolic OH excluding ortho intramolecular Hbond substituents is 1. The van der Waals surface area contributed by atoms with Crippen LogP contribution in [0.25, 0.3) is 0 Å². The van der Waals surface area contributed by atoms with Crippen molar-refractivity contribution < 1.29 is 14.9 Å². The van der Waals surface area contributed by atoms with E-state index >= 15 is 0 Å². The van der Waals surface area contributed by atoms with Crippen LogP contribution in [0.4, 0.5) is 0 Å². The van der Waals surface area contributed by atoms with Crippen molar-refractivity contribution >= 4 is 0 Å². The molecule has 0 bridgehead atoms. The van der Waals surface area contributed by atoms with E-state index in [1.807, 2.05) is 44.3 Å². The molecule has 2 N–H and O–H groups in total. The number of hydrogen-bond acceptors (Lipinski definition) is 4. The summed E-state index contributed by atoms with van der Waals surface area (Å²) in [7, 11) is 1.98.